The van der Waals surface area contributed by atoms with E-state index in [9.17, 15) is 0 Å². The van der Waals surface area contributed by atoms with Crippen LogP contribution in [0.5, 0.6) is 0 Å². The average molecular weight is 142 g/mol. The predicted molar refractivity (Wildman–Crippen MR) is 47.8 cm³/mol. The van der Waals surface area contributed by atoms with Crippen molar-refractivity contribution in [2.45, 2.75) is 20.8 Å². The van der Waals surface area contributed by atoms with Gasteiger partial charge in [-0.2, -0.15) is 0 Å². The molecule has 0 aromatic carbocycles. The summed E-state index contributed by atoms with van der Waals surface area (Å²) in [6, 6.07) is 0. The molecule has 0 atom stereocenters. The molecule has 53 valence electrons. The minimum absolute atomic E-state index is 1.19. The Bertz CT molecular complexity index is 34.5. The molecule has 0 bridgehead atoms. The predicted octanol–water partition coefficient (Wildman–Crippen LogP) is 0.0511. The van der Waals surface area contributed by atoms with Crippen molar-refractivity contribution in [1.29, 1.82) is 0 Å². The lowest BCUT2D eigenvalue weighted by Crippen LogP contribution is -2.21. The molecule has 0 aliphatic carbocycles. The lowest BCUT2D eigenvalue weighted by Gasteiger charge is -2.13. The van der Waals surface area contributed by atoms with Gasteiger partial charge in [0.25, 0.3) is 0 Å². The molecule has 1 nitrogen and oxygen atoms in total. The minimum Gasteiger partial charge on any atom is -0.304 e. The minimum atomic E-state index is 1.19. The van der Waals surface area contributed by atoms with Crippen molar-refractivity contribution in [3.63, 3.8) is 0 Å². The summed E-state index contributed by atoms with van der Waals surface area (Å²) in [5, 5.41) is 0. The van der Waals surface area contributed by atoms with Crippen molar-refractivity contribution < 1.29 is 0 Å². The van der Waals surface area contributed by atoms with Gasteiger partial charge < -0.3 is 4.90 Å². The smallest absolute Gasteiger partial charge is 0.0859 e. The maximum atomic E-state index is 2.97. The van der Waals surface area contributed by atoms with E-state index in [-0.39, 0.29) is 0 Å². The zero-order chi connectivity index (χ0) is 7.70. The third-order valence-corrected chi connectivity index (χ3v) is 1.34. The fourth-order valence-corrected chi connectivity index (χ4v) is 0.671. The molecule has 0 aromatic rings. The van der Waals surface area contributed by atoms with Crippen LogP contribution >= 0.6 is 0 Å². The lowest BCUT2D eigenvalue weighted by atomic mass is 10.5. The number of rotatable bonds is 3. The fourth-order valence-electron chi connectivity index (χ4n) is 0.671. The molecular formula is C6H17BNSi. The van der Waals surface area contributed by atoms with E-state index in [1.165, 1.54) is 19.6 Å². The Morgan fingerprint density at radius 2 is 1.22 bits per heavy atom. The Labute approximate surface area is 63.6 Å². The molecule has 0 heterocycles. The van der Waals surface area contributed by atoms with Crippen molar-refractivity contribution in [2.24, 2.45) is 0 Å². The molecule has 3 heteroatoms. The number of hydrogen-bond donors (Lipinski definition) is 0. The van der Waals surface area contributed by atoms with Gasteiger partial charge in [-0.3, -0.25) is 0 Å². The van der Waals surface area contributed by atoms with Gasteiger partial charge in [-0.15, -0.1) is 0 Å². The summed E-state index contributed by atoms with van der Waals surface area (Å²) in [5.41, 5.74) is 0. The summed E-state index contributed by atoms with van der Waals surface area (Å²) >= 11 is 0. The van der Waals surface area contributed by atoms with Crippen molar-refractivity contribution in [1.82, 2.24) is 4.90 Å². The van der Waals surface area contributed by atoms with Crippen molar-refractivity contribution in [3.05, 3.63) is 0 Å². The summed E-state index contributed by atoms with van der Waals surface area (Å²) in [6.07, 6.45) is 0. The molecule has 0 aliphatic rings. The van der Waals surface area contributed by atoms with Crippen LogP contribution in [0.2, 0.25) is 0 Å². The monoisotopic (exact) mass is 142 g/mol. The first-order valence-electron chi connectivity index (χ1n) is 3.57. The standard InChI is InChI=1S/C6H15N.BH2Si/c1-4-7(5-2)6-3;1-2/h4-6H2,1-3H3;1H2. The molecule has 0 aromatic heterocycles. The molecule has 0 saturated heterocycles. The van der Waals surface area contributed by atoms with Crippen LogP contribution in [0.4, 0.5) is 0 Å². The van der Waals surface area contributed by atoms with Crippen molar-refractivity contribution in [2.75, 3.05) is 19.6 Å². The summed E-state index contributed by atoms with van der Waals surface area (Å²) in [7, 11) is 4.78. The Kier molecular flexibility index (Phi) is 14.8. The average Bonchev–Trinajstić information content (AvgIpc) is 1.96. The van der Waals surface area contributed by atoms with Gasteiger partial charge in [0, 0.05) is 0 Å². The van der Waals surface area contributed by atoms with E-state index in [0.29, 0.717) is 0 Å². The first-order chi connectivity index (χ1) is 4.35. The molecule has 0 unspecified atom stereocenters. The molecule has 0 amide bonds. The van der Waals surface area contributed by atoms with Crippen LogP contribution < -0.4 is 0 Å². The van der Waals surface area contributed by atoms with Gasteiger partial charge in [0.15, 0.2) is 0 Å². The van der Waals surface area contributed by atoms with Gasteiger partial charge in [-0.05, 0) is 29.7 Å². The second-order valence-electron chi connectivity index (χ2n) is 1.62. The van der Waals surface area contributed by atoms with Crippen LogP contribution in [-0.4, -0.2) is 42.1 Å². The highest BCUT2D eigenvalue weighted by Gasteiger charge is 1.89. The Morgan fingerprint density at radius 1 is 1.00 bits per heavy atom. The SMILES string of the molecule is B[Si].CCN(CC)CC. The molecule has 0 spiro atoms. The highest BCUT2D eigenvalue weighted by atomic mass is 28.1. The van der Waals surface area contributed by atoms with Gasteiger partial charge in [0.2, 0.25) is 0 Å². The molecule has 0 N–H and O–H groups in total. The summed E-state index contributed by atoms with van der Waals surface area (Å²) in [6.45, 7) is 10.1. The quantitative estimate of drug-likeness (QED) is 0.503. The fraction of sp³-hybridized carbons (Fsp3) is 1.00. The third-order valence-electron chi connectivity index (χ3n) is 1.34. The first-order valence-corrected chi connectivity index (χ1v) is 4.57. The zero-order valence-corrected chi connectivity index (χ0v) is 8.07. The van der Waals surface area contributed by atoms with Gasteiger partial charge >= 0.3 is 0 Å². The third kappa shape index (κ3) is 8.24. The molecule has 0 saturated carbocycles. The topological polar surface area (TPSA) is 3.24 Å². The van der Waals surface area contributed by atoms with E-state index >= 15 is 0 Å². The van der Waals surface area contributed by atoms with E-state index in [1.54, 1.807) is 7.44 Å². The summed E-state index contributed by atoms with van der Waals surface area (Å²) in [5.74, 6) is 0. The largest absolute Gasteiger partial charge is 0.304 e. The van der Waals surface area contributed by atoms with Crippen molar-refractivity contribution in [3.8, 4) is 0 Å². The van der Waals surface area contributed by atoms with Gasteiger partial charge in [-0.1, -0.05) is 20.8 Å². The second-order valence-corrected chi connectivity index (χ2v) is 1.62. The number of nitrogens with zero attached hydrogens (tertiary/aromatic N) is 1. The molecular weight excluding hydrogens is 125 g/mol. The highest BCUT2D eigenvalue weighted by molar-refractivity contribution is 6.75. The van der Waals surface area contributed by atoms with E-state index in [0.717, 1.165) is 0 Å². The first kappa shape index (κ1) is 12.0. The summed E-state index contributed by atoms with van der Waals surface area (Å²) < 4.78 is 0. The maximum absolute atomic E-state index is 2.97. The van der Waals surface area contributed by atoms with Gasteiger partial charge in [0.05, 0.1) is 7.44 Å². The van der Waals surface area contributed by atoms with E-state index in [1.807, 2.05) is 0 Å². The lowest BCUT2D eigenvalue weighted by molar-refractivity contribution is 0.321. The number of hydrogen-bond acceptors (Lipinski definition) is 1. The van der Waals surface area contributed by atoms with Gasteiger partial charge in [0.1, 0.15) is 0 Å². The zero-order valence-electron chi connectivity index (χ0n) is 7.07. The Hall–Kier alpha value is 0.242. The van der Waals surface area contributed by atoms with Crippen LogP contribution in [-0.2, 0) is 0 Å². The molecule has 0 rings (SSSR count). The molecule has 9 heavy (non-hydrogen) atoms. The van der Waals surface area contributed by atoms with Crippen LogP contribution in [0.25, 0.3) is 0 Å². The second kappa shape index (κ2) is 11.1. The molecule has 0 fully saturated rings. The van der Waals surface area contributed by atoms with Crippen LogP contribution in [0.3, 0.4) is 0 Å². The van der Waals surface area contributed by atoms with E-state index in [2.05, 4.69) is 35.8 Å². The molecule has 3 radical (unpaired) electrons. The van der Waals surface area contributed by atoms with Crippen LogP contribution in [0, 0.1) is 0 Å². The highest BCUT2D eigenvalue weighted by Crippen LogP contribution is 1.81. The Balaban J connectivity index is 0. The van der Waals surface area contributed by atoms with E-state index in [4.69, 9.17) is 0 Å². The normalized spacial score (nSPS) is 8.56. The van der Waals surface area contributed by atoms with Crippen molar-refractivity contribution >= 4 is 17.6 Å². The molecule has 0 aliphatic heterocycles. The Morgan fingerprint density at radius 3 is 1.22 bits per heavy atom. The van der Waals surface area contributed by atoms with E-state index < -0.39 is 0 Å². The summed E-state index contributed by atoms with van der Waals surface area (Å²) in [4.78, 5) is 2.38. The maximum Gasteiger partial charge on any atom is 0.0859 e. The van der Waals surface area contributed by atoms with Crippen LogP contribution in [0.1, 0.15) is 20.8 Å². The van der Waals surface area contributed by atoms with Crippen LogP contribution in [0.15, 0.2) is 0 Å². The van der Waals surface area contributed by atoms with Gasteiger partial charge in [-0.25, -0.2) is 0 Å².